The summed E-state index contributed by atoms with van der Waals surface area (Å²) in [5.41, 5.74) is 9.74. The molecule has 0 radical (unpaired) electrons. The Morgan fingerprint density at radius 1 is 1.06 bits per heavy atom. The van der Waals surface area contributed by atoms with Gasteiger partial charge in [-0.15, -0.1) is 0 Å². The van der Waals surface area contributed by atoms with E-state index in [2.05, 4.69) is 14.7 Å². The smallest absolute Gasteiger partial charge is 0.356 e. The number of pyridine rings is 1. The predicted molar refractivity (Wildman–Crippen MR) is 118 cm³/mol. The van der Waals surface area contributed by atoms with Crippen molar-refractivity contribution in [3.05, 3.63) is 101 Å². The SMILES string of the molecule is NC1C(c2cc(Cc3ccc(Cc4cc(F)nc(F)c4)cc3)no2)=CC=CN1COP(=O)(O)O. The van der Waals surface area contributed by atoms with Crippen molar-refractivity contribution < 1.29 is 32.2 Å². The van der Waals surface area contributed by atoms with E-state index in [-0.39, 0.29) is 0 Å². The second-order valence-corrected chi connectivity index (χ2v) is 8.88. The van der Waals surface area contributed by atoms with Crippen LogP contribution in [0.25, 0.3) is 5.57 Å². The van der Waals surface area contributed by atoms with E-state index >= 15 is 0 Å². The van der Waals surface area contributed by atoms with Crippen molar-refractivity contribution in [3.8, 4) is 0 Å². The first-order chi connectivity index (χ1) is 16.2. The second kappa shape index (κ2) is 9.96. The topological polar surface area (TPSA) is 135 Å². The molecule has 1 aromatic carbocycles. The van der Waals surface area contributed by atoms with Crippen LogP contribution in [0.4, 0.5) is 8.78 Å². The molecule has 1 aliphatic rings. The number of aromatic nitrogens is 2. The predicted octanol–water partition coefficient (Wildman–Crippen LogP) is 3.09. The zero-order chi connectivity index (χ0) is 24.3. The number of hydrogen-bond acceptors (Lipinski definition) is 7. The molecule has 9 nitrogen and oxygen atoms in total. The molecule has 0 amide bonds. The van der Waals surface area contributed by atoms with Gasteiger partial charge < -0.3 is 24.9 Å². The Morgan fingerprint density at radius 2 is 1.71 bits per heavy atom. The van der Waals surface area contributed by atoms with Crippen LogP contribution in [0.15, 0.2) is 65.3 Å². The Morgan fingerprint density at radius 3 is 2.35 bits per heavy atom. The fourth-order valence-electron chi connectivity index (χ4n) is 3.49. The summed E-state index contributed by atoms with van der Waals surface area (Å²) in [6.45, 7) is -0.397. The Labute approximate surface area is 193 Å². The number of allylic oxidation sites excluding steroid dienone is 2. The largest absolute Gasteiger partial charge is 0.471 e. The van der Waals surface area contributed by atoms with Crippen LogP contribution >= 0.6 is 7.82 Å². The van der Waals surface area contributed by atoms with Gasteiger partial charge in [-0.25, -0.2) is 4.57 Å². The molecule has 4 N–H and O–H groups in total. The number of rotatable bonds is 8. The first kappa shape index (κ1) is 23.9. The number of hydrogen-bond donors (Lipinski definition) is 3. The molecule has 0 fully saturated rings. The van der Waals surface area contributed by atoms with E-state index in [1.165, 1.54) is 17.0 Å². The molecule has 0 spiro atoms. The molecular formula is C22H21F2N4O5P. The van der Waals surface area contributed by atoms with Crippen LogP contribution in [0.2, 0.25) is 0 Å². The molecule has 3 heterocycles. The number of nitrogens with zero attached hydrogens (tertiary/aromatic N) is 3. The minimum Gasteiger partial charge on any atom is -0.356 e. The minimum absolute atomic E-state index is 0.368. The molecule has 12 heteroatoms. The summed E-state index contributed by atoms with van der Waals surface area (Å²) < 4.78 is 47.5. The molecule has 2 aromatic heterocycles. The fraction of sp³-hybridized carbons (Fsp3) is 0.182. The van der Waals surface area contributed by atoms with Crippen LogP contribution < -0.4 is 5.73 Å². The number of phosphoric acid groups is 1. The molecule has 1 aliphatic heterocycles. The maximum Gasteiger partial charge on any atom is 0.471 e. The first-order valence-electron chi connectivity index (χ1n) is 10.1. The highest BCUT2D eigenvalue weighted by molar-refractivity contribution is 7.46. The van der Waals surface area contributed by atoms with Crippen LogP contribution in [-0.4, -0.2) is 37.7 Å². The maximum absolute atomic E-state index is 13.3. The lowest BCUT2D eigenvalue weighted by Crippen LogP contribution is -2.41. The third kappa shape index (κ3) is 6.22. The second-order valence-electron chi connectivity index (χ2n) is 7.64. The number of nitrogens with two attached hydrogens (primary N) is 1. The van der Waals surface area contributed by atoms with E-state index in [1.807, 2.05) is 24.3 Å². The van der Waals surface area contributed by atoms with E-state index in [9.17, 15) is 13.3 Å². The van der Waals surface area contributed by atoms with Crippen LogP contribution in [-0.2, 0) is 21.9 Å². The average molecular weight is 490 g/mol. The maximum atomic E-state index is 13.3. The van der Waals surface area contributed by atoms with Gasteiger partial charge in [0.15, 0.2) is 5.76 Å². The average Bonchev–Trinajstić information content (AvgIpc) is 3.21. The molecule has 34 heavy (non-hydrogen) atoms. The highest BCUT2D eigenvalue weighted by atomic mass is 31.2. The summed E-state index contributed by atoms with van der Waals surface area (Å²) in [5, 5.41) is 4.08. The third-order valence-corrected chi connectivity index (χ3v) is 5.54. The molecule has 3 aromatic rings. The third-order valence-electron chi connectivity index (χ3n) is 5.09. The van der Waals surface area contributed by atoms with Crippen molar-refractivity contribution in [2.24, 2.45) is 5.73 Å². The van der Waals surface area contributed by atoms with Gasteiger partial charge in [0.2, 0.25) is 11.9 Å². The highest BCUT2D eigenvalue weighted by Crippen LogP contribution is 2.36. The minimum atomic E-state index is -4.64. The van der Waals surface area contributed by atoms with Gasteiger partial charge in [0.05, 0.1) is 5.69 Å². The lowest BCUT2D eigenvalue weighted by Gasteiger charge is -2.30. The molecule has 1 unspecified atom stereocenters. The number of benzene rings is 1. The van der Waals surface area contributed by atoms with E-state index < -0.39 is 32.6 Å². The van der Waals surface area contributed by atoms with Crippen LogP contribution in [0, 0.1) is 11.9 Å². The molecule has 0 saturated heterocycles. The Balaban J connectivity index is 1.39. The van der Waals surface area contributed by atoms with E-state index in [0.717, 1.165) is 11.1 Å². The van der Waals surface area contributed by atoms with Crippen LogP contribution in [0.3, 0.4) is 0 Å². The molecular weight excluding hydrogens is 469 g/mol. The number of halogens is 2. The molecule has 0 saturated carbocycles. The van der Waals surface area contributed by atoms with Gasteiger partial charge in [0, 0.05) is 24.3 Å². The molecule has 0 bridgehead atoms. The van der Waals surface area contributed by atoms with Crippen molar-refractivity contribution in [1.29, 1.82) is 0 Å². The van der Waals surface area contributed by atoms with Crippen molar-refractivity contribution in [3.63, 3.8) is 0 Å². The summed E-state index contributed by atoms with van der Waals surface area (Å²) in [6, 6.07) is 11.7. The molecule has 4 rings (SSSR count). The Kier molecular flexibility index (Phi) is 7.01. The van der Waals surface area contributed by atoms with Gasteiger partial charge in [-0.05, 0) is 41.3 Å². The van der Waals surface area contributed by atoms with Gasteiger partial charge >= 0.3 is 7.82 Å². The summed E-state index contributed by atoms with van der Waals surface area (Å²) in [4.78, 5) is 22.3. The van der Waals surface area contributed by atoms with Gasteiger partial charge in [0.1, 0.15) is 12.9 Å². The normalized spacial score (nSPS) is 16.1. The van der Waals surface area contributed by atoms with Crippen molar-refractivity contribution >= 4 is 13.4 Å². The van der Waals surface area contributed by atoms with E-state index in [1.54, 1.807) is 24.4 Å². The van der Waals surface area contributed by atoms with Crippen molar-refractivity contribution in [2.75, 3.05) is 6.73 Å². The standard InChI is InChI=1S/C22H21F2N4O5P/c23-20-10-16(11-21(24)26-20)8-14-3-5-15(6-4-14)9-17-12-19(33-27-17)18-2-1-7-28(22(18)25)13-32-34(29,30)31/h1-7,10-12,22H,8-9,13,25H2,(H2,29,30,31). The van der Waals surface area contributed by atoms with Gasteiger partial charge in [-0.3, -0.25) is 4.52 Å². The van der Waals surface area contributed by atoms with Crippen molar-refractivity contribution in [1.82, 2.24) is 15.0 Å². The zero-order valence-corrected chi connectivity index (χ0v) is 18.6. The van der Waals surface area contributed by atoms with E-state index in [0.29, 0.717) is 35.4 Å². The first-order valence-corrected chi connectivity index (χ1v) is 11.6. The quantitative estimate of drug-likeness (QED) is 0.322. The molecule has 178 valence electrons. The molecule has 1 atom stereocenters. The lowest BCUT2D eigenvalue weighted by molar-refractivity contribution is 0.110. The highest BCUT2D eigenvalue weighted by Gasteiger charge is 2.25. The zero-order valence-electron chi connectivity index (χ0n) is 17.7. The Hall–Kier alpha value is -3.21. The summed E-state index contributed by atoms with van der Waals surface area (Å²) >= 11 is 0. The van der Waals surface area contributed by atoms with Crippen LogP contribution in [0.5, 0.6) is 0 Å². The molecule has 0 aliphatic carbocycles. The van der Waals surface area contributed by atoms with Gasteiger partial charge in [0.25, 0.3) is 0 Å². The van der Waals surface area contributed by atoms with Crippen LogP contribution in [0.1, 0.15) is 28.1 Å². The monoisotopic (exact) mass is 490 g/mol. The van der Waals surface area contributed by atoms with Crippen molar-refractivity contribution in [2.45, 2.75) is 19.0 Å². The number of phosphoric ester groups is 1. The fourth-order valence-corrected chi connectivity index (χ4v) is 3.77. The summed E-state index contributed by atoms with van der Waals surface area (Å²) in [6.07, 6.45) is 5.03. The summed E-state index contributed by atoms with van der Waals surface area (Å²) in [5.74, 6) is -1.28. The lowest BCUT2D eigenvalue weighted by atomic mass is 10.0. The Bertz CT molecular complexity index is 1250. The van der Waals surface area contributed by atoms with E-state index in [4.69, 9.17) is 20.0 Å². The van der Waals surface area contributed by atoms with Gasteiger partial charge in [-0.1, -0.05) is 35.5 Å². The van der Waals surface area contributed by atoms with Gasteiger partial charge in [-0.2, -0.15) is 13.8 Å². The summed E-state index contributed by atoms with van der Waals surface area (Å²) in [7, 11) is -4.64.